The molecule has 0 aliphatic rings. The van der Waals surface area contributed by atoms with Gasteiger partial charge in [-0.25, -0.2) is 9.98 Å². The fraction of sp³-hybridized carbons (Fsp3) is 0.400. The summed E-state index contributed by atoms with van der Waals surface area (Å²) >= 11 is 1.63. The van der Waals surface area contributed by atoms with E-state index >= 15 is 0 Å². The average molecular weight is 513 g/mol. The van der Waals surface area contributed by atoms with E-state index in [9.17, 15) is 0 Å². The first-order valence-corrected chi connectivity index (χ1v) is 10.1. The van der Waals surface area contributed by atoms with Gasteiger partial charge in [0.1, 0.15) is 5.75 Å². The van der Waals surface area contributed by atoms with Gasteiger partial charge >= 0.3 is 0 Å². The Kier molecular flexibility index (Phi) is 9.04. The van der Waals surface area contributed by atoms with Crippen molar-refractivity contribution in [2.24, 2.45) is 4.99 Å². The van der Waals surface area contributed by atoms with Crippen LogP contribution in [0.4, 0.5) is 0 Å². The van der Waals surface area contributed by atoms with Gasteiger partial charge in [-0.2, -0.15) is 0 Å². The predicted octanol–water partition coefficient (Wildman–Crippen LogP) is 4.27. The number of aromatic nitrogens is 2. The van der Waals surface area contributed by atoms with Gasteiger partial charge in [-0.3, -0.25) is 4.40 Å². The van der Waals surface area contributed by atoms with E-state index in [4.69, 9.17) is 4.74 Å². The first-order chi connectivity index (χ1) is 13.2. The number of halogens is 1. The Bertz CT molecular complexity index is 846. The van der Waals surface area contributed by atoms with Crippen LogP contribution in [-0.2, 0) is 6.54 Å². The summed E-state index contributed by atoms with van der Waals surface area (Å²) < 4.78 is 7.26. The van der Waals surface area contributed by atoms with Crippen LogP contribution in [0.2, 0.25) is 0 Å². The summed E-state index contributed by atoms with van der Waals surface area (Å²) in [6.45, 7) is 6.57. The molecule has 0 saturated heterocycles. The van der Waals surface area contributed by atoms with Crippen molar-refractivity contribution in [1.82, 2.24) is 20.0 Å². The monoisotopic (exact) mass is 513 g/mol. The van der Waals surface area contributed by atoms with E-state index in [1.54, 1.807) is 18.4 Å². The van der Waals surface area contributed by atoms with Crippen molar-refractivity contribution in [3.8, 4) is 5.75 Å². The van der Waals surface area contributed by atoms with Crippen LogP contribution in [0.25, 0.3) is 4.96 Å². The molecule has 2 heterocycles. The average Bonchev–Trinajstić information content (AvgIpc) is 3.28. The summed E-state index contributed by atoms with van der Waals surface area (Å²) in [7, 11) is 1.69. The number of imidazole rings is 1. The van der Waals surface area contributed by atoms with Crippen molar-refractivity contribution in [1.29, 1.82) is 0 Å². The van der Waals surface area contributed by atoms with Crippen LogP contribution < -0.4 is 15.4 Å². The summed E-state index contributed by atoms with van der Waals surface area (Å²) in [6, 6.07) is 8.29. The van der Waals surface area contributed by atoms with Crippen molar-refractivity contribution >= 4 is 46.2 Å². The van der Waals surface area contributed by atoms with E-state index in [0.717, 1.165) is 41.9 Å². The number of ether oxygens (including phenoxy) is 1. The van der Waals surface area contributed by atoms with Gasteiger partial charge in [-0.1, -0.05) is 19.1 Å². The fourth-order valence-corrected chi connectivity index (χ4v) is 3.58. The van der Waals surface area contributed by atoms with Crippen LogP contribution in [-0.4, -0.2) is 35.5 Å². The van der Waals surface area contributed by atoms with E-state index in [2.05, 4.69) is 46.6 Å². The largest absolute Gasteiger partial charge is 0.497 e. The molecule has 0 radical (unpaired) electrons. The second-order valence-electron chi connectivity index (χ2n) is 6.41. The van der Waals surface area contributed by atoms with Gasteiger partial charge in [0.25, 0.3) is 0 Å². The molecule has 0 bridgehead atoms. The zero-order chi connectivity index (χ0) is 19.1. The molecule has 1 atom stereocenters. The minimum absolute atomic E-state index is 0. The lowest BCUT2D eigenvalue weighted by molar-refractivity contribution is 0.414. The lowest BCUT2D eigenvalue weighted by Crippen LogP contribution is -2.38. The quantitative estimate of drug-likeness (QED) is 0.268. The number of nitrogens with one attached hydrogen (secondary N) is 2. The molecule has 2 aromatic heterocycles. The number of benzene rings is 1. The number of guanidine groups is 1. The van der Waals surface area contributed by atoms with Crippen LogP contribution in [0.3, 0.4) is 0 Å². The maximum atomic E-state index is 5.22. The summed E-state index contributed by atoms with van der Waals surface area (Å²) in [6.07, 6.45) is 5.08. The van der Waals surface area contributed by atoms with E-state index in [1.807, 2.05) is 34.3 Å². The van der Waals surface area contributed by atoms with Crippen LogP contribution in [0.15, 0.2) is 47.0 Å². The first kappa shape index (κ1) is 22.5. The highest BCUT2D eigenvalue weighted by molar-refractivity contribution is 14.0. The molecule has 3 rings (SSSR count). The Morgan fingerprint density at radius 3 is 2.75 bits per heavy atom. The van der Waals surface area contributed by atoms with Crippen molar-refractivity contribution in [3.05, 3.63) is 53.3 Å². The van der Waals surface area contributed by atoms with Gasteiger partial charge in [-0.05, 0) is 37.0 Å². The molecule has 1 aromatic carbocycles. The van der Waals surface area contributed by atoms with Gasteiger partial charge in [0.2, 0.25) is 0 Å². The minimum Gasteiger partial charge on any atom is -0.497 e. The highest BCUT2D eigenvalue weighted by Gasteiger charge is 2.07. The summed E-state index contributed by atoms with van der Waals surface area (Å²) in [5.74, 6) is 2.19. The molecule has 8 heteroatoms. The third kappa shape index (κ3) is 6.10. The van der Waals surface area contributed by atoms with Crippen LogP contribution in [0.1, 0.15) is 37.4 Å². The highest BCUT2D eigenvalue weighted by atomic mass is 127. The number of nitrogens with zero attached hydrogens (tertiary/aromatic N) is 3. The molecule has 2 N–H and O–H groups in total. The van der Waals surface area contributed by atoms with Crippen LogP contribution in [0.5, 0.6) is 5.75 Å². The number of thiazole rings is 1. The van der Waals surface area contributed by atoms with E-state index < -0.39 is 0 Å². The fourth-order valence-electron chi connectivity index (χ4n) is 2.86. The van der Waals surface area contributed by atoms with Crippen molar-refractivity contribution < 1.29 is 4.74 Å². The summed E-state index contributed by atoms with van der Waals surface area (Å²) in [4.78, 5) is 10.2. The van der Waals surface area contributed by atoms with E-state index in [-0.39, 0.29) is 24.0 Å². The third-order valence-electron chi connectivity index (χ3n) is 4.44. The van der Waals surface area contributed by atoms with E-state index in [0.29, 0.717) is 12.5 Å². The molecule has 0 saturated carbocycles. The molecule has 28 heavy (non-hydrogen) atoms. The predicted molar refractivity (Wildman–Crippen MR) is 127 cm³/mol. The maximum absolute atomic E-state index is 5.22. The van der Waals surface area contributed by atoms with Gasteiger partial charge in [0.05, 0.1) is 19.3 Å². The summed E-state index contributed by atoms with van der Waals surface area (Å²) in [5.41, 5.74) is 2.29. The zero-order valence-corrected chi connectivity index (χ0v) is 19.7. The van der Waals surface area contributed by atoms with E-state index in [1.165, 1.54) is 5.56 Å². The Balaban J connectivity index is 0.00000280. The Hall–Kier alpha value is -1.81. The molecule has 0 aliphatic carbocycles. The SMILES string of the molecule is CCNC(=NCc1cn2ccsc2n1)NCCC(C)c1ccc(OC)cc1.I. The third-order valence-corrected chi connectivity index (χ3v) is 5.21. The second-order valence-corrected chi connectivity index (χ2v) is 7.28. The zero-order valence-electron chi connectivity index (χ0n) is 16.5. The second kappa shape index (κ2) is 11.3. The standard InChI is InChI=1S/C20H27N5OS.HI/c1-4-21-19(23-13-17-14-25-11-12-27-20(25)24-17)22-10-9-15(2)16-5-7-18(26-3)8-6-16;/h5-8,11-12,14-15H,4,9-10,13H2,1-3H3,(H2,21,22,23);1H. The van der Waals surface area contributed by atoms with Gasteiger partial charge in [0.15, 0.2) is 10.9 Å². The normalized spacial score (nSPS) is 12.5. The minimum atomic E-state index is 0. The Labute approximate surface area is 187 Å². The molecule has 0 spiro atoms. The molecule has 6 nitrogen and oxygen atoms in total. The highest BCUT2D eigenvalue weighted by Crippen LogP contribution is 2.21. The Morgan fingerprint density at radius 2 is 2.07 bits per heavy atom. The van der Waals surface area contributed by atoms with Crippen LogP contribution in [0, 0.1) is 0 Å². The van der Waals surface area contributed by atoms with Crippen molar-refractivity contribution in [2.45, 2.75) is 32.7 Å². The summed E-state index contributed by atoms with van der Waals surface area (Å²) in [5, 5.41) is 8.76. The van der Waals surface area contributed by atoms with Gasteiger partial charge in [0, 0.05) is 30.9 Å². The lowest BCUT2D eigenvalue weighted by Gasteiger charge is -2.15. The number of aliphatic imine (C=N–C) groups is 1. The molecule has 0 amide bonds. The van der Waals surface area contributed by atoms with Gasteiger partial charge < -0.3 is 15.4 Å². The Morgan fingerprint density at radius 1 is 1.29 bits per heavy atom. The number of rotatable bonds is 8. The molecule has 1 unspecified atom stereocenters. The van der Waals surface area contributed by atoms with Crippen molar-refractivity contribution in [2.75, 3.05) is 20.2 Å². The number of methoxy groups -OCH3 is 1. The molecular formula is C20H28IN5OS. The smallest absolute Gasteiger partial charge is 0.193 e. The number of hydrogen-bond donors (Lipinski definition) is 2. The molecule has 0 aliphatic heterocycles. The van der Waals surface area contributed by atoms with Crippen LogP contribution >= 0.6 is 35.3 Å². The first-order valence-electron chi connectivity index (χ1n) is 9.26. The van der Waals surface area contributed by atoms with Crippen molar-refractivity contribution in [3.63, 3.8) is 0 Å². The number of fused-ring (bicyclic) bond motifs is 1. The molecule has 152 valence electrons. The molecular weight excluding hydrogens is 485 g/mol. The van der Waals surface area contributed by atoms with Gasteiger partial charge in [-0.15, -0.1) is 35.3 Å². The molecule has 0 fully saturated rings. The molecule has 3 aromatic rings. The topological polar surface area (TPSA) is 63.0 Å². The maximum Gasteiger partial charge on any atom is 0.193 e. The lowest BCUT2D eigenvalue weighted by atomic mass is 9.98. The number of hydrogen-bond acceptors (Lipinski definition) is 4.